The van der Waals surface area contributed by atoms with E-state index in [4.69, 9.17) is 23.7 Å². The molecule has 7 nitrogen and oxygen atoms in total. The van der Waals surface area contributed by atoms with Crippen molar-refractivity contribution in [2.24, 2.45) is 10.4 Å². The lowest BCUT2D eigenvalue weighted by Crippen LogP contribution is -2.58. The highest BCUT2D eigenvalue weighted by atomic mass is 31.2. The summed E-state index contributed by atoms with van der Waals surface area (Å²) in [4.78, 5) is 5.15. The van der Waals surface area contributed by atoms with Crippen molar-refractivity contribution in [2.45, 2.75) is 89.2 Å². The number of rotatable bonds is 7. The zero-order chi connectivity index (χ0) is 36.2. The molecule has 0 amide bonds. The van der Waals surface area contributed by atoms with Crippen molar-refractivity contribution in [1.82, 2.24) is 9.34 Å². The third kappa shape index (κ3) is 5.96. The van der Waals surface area contributed by atoms with Gasteiger partial charge in [-0.2, -0.15) is 0 Å². The van der Waals surface area contributed by atoms with Gasteiger partial charge in [-0.1, -0.05) is 142 Å². The molecule has 0 aromatic heterocycles. The van der Waals surface area contributed by atoms with Crippen LogP contribution in [0.4, 0.5) is 0 Å². The molecule has 4 aromatic rings. The normalized spacial score (nSPS) is 25.1. The van der Waals surface area contributed by atoms with Gasteiger partial charge in [0, 0.05) is 0 Å². The van der Waals surface area contributed by atoms with Crippen molar-refractivity contribution < 1.29 is 18.7 Å². The molecule has 0 radical (unpaired) electrons. The van der Waals surface area contributed by atoms with E-state index in [1.807, 2.05) is 13.8 Å². The standard InChI is InChI=1S/C43H52N3O4P/c1-39(2,3)35-30-47-38(44-35)40(4,5)50-51-45(8)42(31-22-14-10-15-23-31,32-24-16-11-17-25-32)36-37(49-41(6,7)48-36)43(46(51)9,33-26-18-12-19-27-33)34-28-20-13-21-29-34/h10-29,35-37H,30H2,1-9H3/t35-,36-,37-/m1/s1. The number of likely N-dealkylation sites (N-methyl/N-ethyl adjacent to an activating group) is 2. The van der Waals surface area contributed by atoms with Gasteiger partial charge in [-0.05, 0) is 69.5 Å². The second-order valence-corrected chi connectivity index (χ2v) is 17.9. The van der Waals surface area contributed by atoms with Crippen molar-refractivity contribution >= 4 is 14.3 Å². The molecule has 3 aliphatic rings. The van der Waals surface area contributed by atoms with Crippen LogP contribution in [0, 0.1) is 5.41 Å². The first-order chi connectivity index (χ1) is 24.2. The first-order valence-electron chi connectivity index (χ1n) is 18.0. The molecule has 4 aromatic carbocycles. The van der Waals surface area contributed by atoms with Crippen molar-refractivity contribution in [3.8, 4) is 0 Å². The Morgan fingerprint density at radius 1 is 0.627 bits per heavy atom. The topological polar surface area (TPSA) is 55.8 Å². The average molecular weight is 706 g/mol. The molecule has 3 heterocycles. The highest BCUT2D eigenvalue weighted by Crippen LogP contribution is 2.67. The number of benzene rings is 4. The molecule has 0 saturated carbocycles. The summed E-state index contributed by atoms with van der Waals surface area (Å²) in [6.07, 6.45) is -0.982. The molecule has 2 fully saturated rings. The molecular weight excluding hydrogens is 653 g/mol. The average Bonchev–Trinajstić information content (AvgIpc) is 3.75. The van der Waals surface area contributed by atoms with Gasteiger partial charge in [0.2, 0.25) is 5.90 Å². The van der Waals surface area contributed by atoms with Crippen LogP contribution in [0.15, 0.2) is 126 Å². The van der Waals surface area contributed by atoms with E-state index < -0.39 is 43.1 Å². The number of nitrogens with zero attached hydrogens (tertiary/aromatic N) is 3. The van der Waals surface area contributed by atoms with Gasteiger partial charge in [-0.25, -0.2) is 14.3 Å². The zero-order valence-corrected chi connectivity index (χ0v) is 32.3. The van der Waals surface area contributed by atoms with Crippen LogP contribution in [0.2, 0.25) is 0 Å². The maximum absolute atomic E-state index is 7.59. The van der Waals surface area contributed by atoms with E-state index in [9.17, 15) is 0 Å². The molecule has 2 saturated heterocycles. The monoisotopic (exact) mass is 705 g/mol. The van der Waals surface area contributed by atoms with Gasteiger partial charge in [0.15, 0.2) is 14.2 Å². The first-order valence-corrected chi connectivity index (χ1v) is 19.1. The minimum absolute atomic E-state index is 0.0382. The fourth-order valence-electron chi connectivity index (χ4n) is 8.23. The molecular formula is C43H52N3O4P. The number of hydrogen-bond acceptors (Lipinski definition) is 7. The zero-order valence-electron chi connectivity index (χ0n) is 31.4. The third-order valence-corrected chi connectivity index (χ3v) is 13.1. The molecule has 51 heavy (non-hydrogen) atoms. The second kappa shape index (κ2) is 13.2. The smallest absolute Gasteiger partial charge is 0.216 e. The minimum Gasteiger partial charge on any atom is -0.477 e. The molecule has 0 unspecified atom stereocenters. The Morgan fingerprint density at radius 3 is 1.29 bits per heavy atom. The van der Waals surface area contributed by atoms with Crippen LogP contribution >= 0.6 is 8.45 Å². The Hall–Kier alpha value is -3.42. The molecule has 268 valence electrons. The Morgan fingerprint density at radius 2 is 0.980 bits per heavy atom. The summed E-state index contributed by atoms with van der Waals surface area (Å²) < 4.78 is 33.5. The van der Waals surface area contributed by atoms with E-state index in [0.717, 1.165) is 22.3 Å². The van der Waals surface area contributed by atoms with Crippen LogP contribution < -0.4 is 0 Å². The third-order valence-electron chi connectivity index (χ3n) is 10.8. The van der Waals surface area contributed by atoms with E-state index in [1.165, 1.54) is 0 Å². The maximum atomic E-state index is 7.59. The lowest BCUT2D eigenvalue weighted by atomic mass is 9.68. The van der Waals surface area contributed by atoms with Gasteiger partial charge in [-0.3, -0.25) is 0 Å². The Balaban J connectivity index is 1.56. The predicted molar refractivity (Wildman–Crippen MR) is 205 cm³/mol. The van der Waals surface area contributed by atoms with Crippen LogP contribution in [-0.4, -0.2) is 65.6 Å². The maximum Gasteiger partial charge on any atom is 0.216 e. The molecule has 7 rings (SSSR count). The SMILES string of the molecule is CN1P(OC(C)(C)C2=N[C@@H](C(C)(C)C)CO2)N(C)C(c2ccccc2)(c2ccccc2)[C@@H]2OC(C)(C)O[C@H]2C1(c1ccccc1)c1ccccc1. The van der Waals surface area contributed by atoms with Gasteiger partial charge in [0.05, 0.1) is 6.04 Å². The van der Waals surface area contributed by atoms with Gasteiger partial charge in [0.25, 0.3) is 0 Å². The Kier molecular flexibility index (Phi) is 9.32. The van der Waals surface area contributed by atoms with Crippen molar-refractivity contribution in [2.75, 3.05) is 20.7 Å². The minimum atomic E-state index is -1.65. The second-order valence-electron chi connectivity index (χ2n) is 16.0. The van der Waals surface area contributed by atoms with Crippen LogP contribution in [0.25, 0.3) is 0 Å². The highest BCUT2D eigenvalue weighted by Gasteiger charge is 2.69. The molecule has 3 aliphatic heterocycles. The van der Waals surface area contributed by atoms with E-state index >= 15 is 0 Å². The lowest BCUT2D eigenvalue weighted by Gasteiger charge is -2.50. The summed E-state index contributed by atoms with van der Waals surface area (Å²) in [5.41, 5.74) is 1.76. The Labute approximate surface area is 305 Å². The molecule has 0 bridgehead atoms. The van der Waals surface area contributed by atoms with E-state index in [0.29, 0.717) is 12.5 Å². The van der Waals surface area contributed by atoms with Gasteiger partial charge in [0.1, 0.15) is 35.5 Å². The quantitative estimate of drug-likeness (QED) is 0.179. The largest absolute Gasteiger partial charge is 0.477 e. The van der Waals surface area contributed by atoms with Crippen molar-refractivity contribution in [3.05, 3.63) is 144 Å². The molecule has 3 atom stereocenters. The van der Waals surface area contributed by atoms with Crippen molar-refractivity contribution in [1.29, 1.82) is 0 Å². The van der Waals surface area contributed by atoms with Crippen LogP contribution in [0.3, 0.4) is 0 Å². The summed E-state index contributed by atoms with van der Waals surface area (Å²) in [5.74, 6) is -0.269. The van der Waals surface area contributed by atoms with Crippen LogP contribution in [0.1, 0.15) is 70.7 Å². The van der Waals surface area contributed by atoms with E-state index in [1.54, 1.807) is 0 Å². The highest BCUT2D eigenvalue weighted by molar-refractivity contribution is 7.47. The molecule has 0 spiro atoms. The van der Waals surface area contributed by atoms with Crippen LogP contribution in [-0.2, 0) is 29.8 Å². The number of ether oxygens (including phenoxy) is 3. The summed E-state index contributed by atoms with van der Waals surface area (Å²) in [5, 5.41) is 0. The summed E-state index contributed by atoms with van der Waals surface area (Å²) in [6, 6.07) is 42.9. The van der Waals surface area contributed by atoms with E-state index in [-0.39, 0.29) is 11.5 Å². The Bertz CT molecular complexity index is 1640. The molecule has 8 heteroatoms. The molecule has 0 aliphatic carbocycles. The number of hydrogen-bond donors (Lipinski definition) is 0. The first kappa shape index (κ1) is 36.0. The fourth-order valence-corrected chi connectivity index (χ4v) is 10.6. The van der Waals surface area contributed by atoms with Gasteiger partial charge < -0.3 is 18.7 Å². The number of aliphatic imine (C=N–C) groups is 1. The summed E-state index contributed by atoms with van der Waals surface area (Å²) in [6.45, 7) is 15.4. The summed E-state index contributed by atoms with van der Waals surface area (Å²) in [7, 11) is 2.72. The van der Waals surface area contributed by atoms with Crippen LogP contribution in [0.5, 0.6) is 0 Å². The van der Waals surface area contributed by atoms with Gasteiger partial charge >= 0.3 is 0 Å². The van der Waals surface area contributed by atoms with Crippen molar-refractivity contribution in [3.63, 3.8) is 0 Å². The van der Waals surface area contributed by atoms with E-state index in [2.05, 4.69) is 179 Å². The van der Waals surface area contributed by atoms with Gasteiger partial charge in [-0.15, -0.1) is 0 Å². The summed E-state index contributed by atoms with van der Waals surface area (Å²) >= 11 is 0. The predicted octanol–water partition coefficient (Wildman–Crippen LogP) is 9.14. The fraction of sp³-hybridized carbons (Fsp3) is 0.419. The lowest BCUT2D eigenvalue weighted by molar-refractivity contribution is -0.162. The molecule has 0 N–H and O–H groups in total. The number of fused-ring (bicyclic) bond motifs is 1.